The molecule has 0 unspecified atom stereocenters. The van der Waals surface area contributed by atoms with Crippen molar-refractivity contribution in [2.24, 2.45) is 0 Å². The molecule has 0 heterocycles. The molecule has 0 saturated heterocycles. The molecule has 0 amide bonds. The highest BCUT2D eigenvalue weighted by Crippen LogP contribution is 2.31. The molecule has 0 saturated carbocycles. The van der Waals surface area contributed by atoms with E-state index in [0.717, 1.165) is 12.1 Å². The van der Waals surface area contributed by atoms with Gasteiger partial charge in [-0.25, -0.2) is 13.2 Å². The second-order valence-corrected chi connectivity index (χ2v) is 3.60. The molecule has 0 fully saturated rings. The summed E-state index contributed by atoms with van der Waals surface area (Å²) in [5, 5.41) is -0.173. The quantitative estimate of drug-likeness (QED) is 0.694. The molecule has 0 bridgehead atoms. The Morgan fingerprint density at radius 3 is 2.25 bits per heavy atom. The number of benzene rings is 2. The predicted octanol–water partition coefficient (Wildman–Crippen LogP) is 4.42. The van der Waals surface area contributed by atoms with E-state index in [1.165, 1.54) is 24.3 Å². The number of hydrogen-bond donors (Lipinski definition) is 0. The van der Waals surface area contributed by atoms with Gasteiger partial charge < -0.3 is 0 Å². The molecular formula is C12H6ClF3. The monoisotopic (exact) mass is 242 g/mol. The lowest BCUT2D eigenvalue weighted by Gasteiger charge is -2.06. The highest BCUT2D eigenvalue weighted by atomic mass is 35.5. The summed E-state index contributed by atoms with van der Waals surface area (Å²) in [6.45, 7) is 0. The molecule has 0 aliphatic heterocycles. The SMILES string of the molecule is Fc1ccc(-c2cccc(F)c2Cl)c(F)c1. The van der Waals surface area contributed by atoms with E-state index in [1.807, 2.05) is 0 Å². The Labute approximate surface area is 95.3 Å². The van der Waals surface area contributed by atoms with Crippen molar-refractivity contribution in [3.63, 3.8) is 0 Å². The summed E-state index contributed by atoms with van der Waals surface area (Å²) in [5.41, 5.74) is 0.282. The van der Waals surface area contributed by atoms with Crippen molar-refractivity contribution in [1.29, 1.82) is 0 Å². The molecule has 2 rings (SSSR count). The number of halogens is 4. The van der Waals surface area contributed by atoms with Crippen LogP contribution < -0.4 is 0 Å². The zero-order valence-corrected chi connectivity index (χ0v) is 8.73. The Hall–Kier alpha value is -1.48. The summed E-state index contributed by atoms with van der Waals surface area (Å²) in [7, 11) is 0. The van der Waals surface area contributed by atoms with Gasteiger partial charge in [-0.15, -0.1) is 0 Å². The summed E-state index contributed by atoms with van der Waals surface area (Å²) in [6, 6.07) is 7.12. The molecule has 0 radical (unpaired) electrons. The van der Waals surface area contributed by atoms with Crippen LogP contribution in [0.25, 0.3) is 11.1 Å². The maximum atomic E-state index is 13.4. The third-order valence-corrected chi connectivity index (χ3v) is 2.56. The van der Waals surface area contributed by atoms with Crippen LogP contribution in [0.5, 0.6) is 0 Å². The minimum Gasteiger partial charge on any atom is -0.207 e. The van der Waals surface area contributed by atoms with Crippen molar-refractivity contribution < 1.29 is 13.2 Å². The third kappa shape index (κ3) is 1.91. The fourth-order valence-corrected chi connectivity index (χ4v) is 1.65. The van der Waals surface area contributed by atoms with Gasteiger partial charge in [0.2, 0.25) is 0 Å². The van der Waals surface area contributed by atoms with Crippen LogP contribution in [-0.2, 0) is 0 Å². The summed E-state index contributed by atoms with van der Waals surface area (Å²) in [4.78, 5) is 0. The van der Waals surface area contributed by atoms with Gasteiger partial charge in [0.1, 0.15) is 17.5 Å². The molecule has 82 valence electrons. The maximum Gasteiger partial charge on any atom is 0.142 e. The summed E-state index contributed by atoms with van der Waals surface area (Å²) < 4.78 is 39.3. The van der Waals surface area contributed by atoms with Crippen molar-refractivity contribution in [3.05, 3.63) is 58.9 Å². The van der Waals surface area contributed by atoms with Crippen molar-refractivity contribution in [1.82, 2.24) is 0 Å². The Morgan fingerprint density at radius 1 is 0.812 bits per heavy atom. The lowest BCUT2D eigenvalue weighted by molar-refractivity contribution is 0.585. The van der Waals surface area contributed by atoms with E-state index in [4.69, 9.17) is 11.6 Å². The van der Waals surface area contributed by atoms with Crippen molar-refractivity contribution >= 4 is 11.6 Å². The van der Waals surface area contributed by atoms with E-state index in [9.17, 15) is 13.2 Å². The van der Waals surface area contributed by atoms with Crippen molar-refractivity contribution in [2.75, 3.05) is 0 Å². The first kappa shape index (κ1) is 11.0. The second kappa shape index (κ2) is 4.18. The van der Waals surface area contributed by atoms with E-state index >= 15 is 0 Å². The molecule has 0 aromatic heterocycles. The Kier molecular flexibility index (Phi) is 2.88. The first-order valence-corrected chi connectivity index (χ1v) is 4.87. The highest BCUT2D eigenvalue weighted by molar-refractivity contribution is 6.33. The van der Waals surface area contributed by atoms with Gasteiger partial charge >= 0.3 is 0 Å². The summed E-state index contributed by atoms with van der Waals surface area (Å²) in [6.07, 6.45) is 0. The van der Waals surface area contributed by atoms with Gasteiger partial charge in [-0.2, -0.15) is 0 Å². The topological polar surface area (TPSA) is 0 Å². The van der Waals surface area contributed by atoms with Crippen LogP contribution in [-0.4, -0.2) is 0 Å². The average Bonchev–Trinajstić information content (AvgIpc) is 2.23. The predicted molar refractivity (Wildman–Crippen MR) is 56.8 cm³/mol. The molecule has 2 aromatic carbocycles. The van der Waals surface area contributed by atoms with Crippen LogP contribution in [0.1, 0.15) is 0 Å². The van der Waals surface area contributed by atoms with Gasteiger partial charge in [-0.05, 0) is 18.2 Å². The molecule has 0 N–H and O–H groups in total. The Balaban J connectivity index is 2.63. The lowest BCUT2D eigenvalue weighted by Crippen LogP contribution is -1.89. The van der Waals surface area contributed by atoms with Crippen LogP contribution in [0, 0.1) is 17.5 Å². The van der Waals surface area contributed by atoms with Crippen molar-refractivity contribution in [2.45, 2.75) is 0 Å². The molecule has 0 aliphatic carbocycles. The van der Waals surface area contributed by atoms with Gasteiger partial charge in [-0.1, -0.05) is 23.7 Å². The molecule has 0 atom stereocenters. The minimum absolute atomic E-state index is 0.0749. The smallest absolute Gasteiger partial charge is 0.142 e. The van der Waals surface area contributed by atoms with E-state index < -0.39 is 17.5 Å². The minimum atomic E-state index is -0.771. The van der Waals surface area contributed by atoms with Crippen LogP contribution >= 0.6 is 11.6 Å². The zero-order chi connectivity index (χ0) is 11.7. The van der Waals surface area contributed by atoms with Crippen molar-refractivity contribution in [3.8, 4) is 11.1 Å². The van der Waals surface area contributed by atoms with Crippen LogP contribution in [0.15, 0.2) is 36.4 Å². The summed E-state index contributed by atoms with van der Waals surface area (Å²) >= 11 is 5.70. The first-order valence-electron chi connectivity index (χ1n) is 4.49. The Bertz CT molecular complexity index is 538. The van der Waals surface area contributed by atoms with Gasteiger partial charge in [0.05, 0.1) is 5.02 Å². The average molecular weight is 243 g/mol. The van der Waals surface area contributed by atoms with Gasteiger partial charge in [0.15, 0.2) is 0 Å². The van der Waals surface area contributed by atoms with Crippen LogP contribution in [0.3, 0.4) is 0 Å². The standard InChI is InChI=1S/C12H6ClF3/c13-12-9(2-1-3-10(12)15)8-5-4-7(14)6-11(8)16/h1-6H. The first-order chi connectivity index (χ1) is 7.59. The Morgan fingerprint density at radius 2 is 1.56 bits per heavy atom. The largest absolute Gasteiger partial charge is 0.207 e. The molecule has 4 heteroatoms. The van der Waals surface area contributed by atoms with Crippen LogP contribution in [0.4, 0.5) is 13.2 Å². The van der Waals surface area contributed by atoms with Gasteiger partial charge in [0, 0.05) is 17.2 Å². The zero-order valence-electron chi connectivity index (χ0n) is 7.98. The van der Waals surface area contributed by atoms with E-state index in [0.29, 0.717) is 0 Å². The molecule has 0 aliphatic rings. The van der Waals surface area contributed by atoms with E-state index in [2.05, 4.69) is 0 Å². The van der Waals surface area contributed by atoms with Gasteiger partial charge in [0.25, 0.3) is 0 Å². The fraction of sp³-hybridized carbons (Fsp3) is 0. The second-order valence-electron chi connectivity index (χ2n) is 3.23. The lowest BCUT2D eigenvalue weighted by atomic mass is 10.0. The molecule has 0 nitrogen and oxygen atoms in total. The molecule has 2 aromatic rings. The highest BCUT2D eigenvalue weighted by Gasteiger charge is 2.12. The van der Waals surface area contributed by atoms with E-state index in [1.54, 1.807) is 0 Å². The van der Waals surface area contributed by atoms with Gasteiger partial charge in [-0.3, -0.25) is 0 Å². The number of rotatable bonds is 1. The molecule has 0 spiro atoms. The fourth-order valence-electron chi connectivity index (χ4n) is 1.42. The number of hydrogen-bond acceptors (Lipinski definition) is 0. The van der Waals surface area contributed by atoms with Crippen LogP contribution in [0.2, 0.25) is 5.02 Å². The maximum absolute atomic E-state index is 13.4. The summed E-state index contributed by atoms with van der Waals surface area (Å²) in [5.74, 6) is -2.09. The van der Waals surface area contributed by atoms with E-state index in [-0.39, 0.29) is 16.1 Å². The third-order valence-electron chi connectivity index (χ3n) is 2.17. The normalized spacial score (nSPS) is 10.5. The molecule has 16 heavy (non-hydrogen) atoms. The molecular weight excluding hydrogens is 237 g/mol.